The number of rotatable bonds is 7. The molecule has 7 heteroatoms. The molecule has 2 rings (SSSR count). The number of carbonyl (C=O) groups is 2. The van der Waals surface area contributed by atoms with E-state index in [0.29, 0.717) is 16.1 Å². The van der Waals surface area contributed by atoms with Gasteiger partial charge in [-0.1, -0.05) is 29.8 Å². The van der Waals surface area contributed by atoms with Crippen molar-refractivity contribution < 1.29 is 18.7 Å². The summed E-state index contributed by atoms with van der Waals surface area (Å²) in [7, 11) is 1.39. The SMILES string of the molecule is COc1ccc([C@H](C)NC(=O)CCNC(=O)c2ccccc2Cl)cc1F. The van der Waals surface area contributed by atoms with Crippen molar-refractivity contribution in [3.8, 4) is 5.75 Å². The first kappa shape index (κ1) is 19.7. The van der Waals surface area contributed by atoms with Crippen molar-refractivity contribution in [2.45, 2.75) is 19.4 Å². The quantitative estimate of drug-likeness (QED) is 0.775. The van der Waals surface area contributed by atoms with Gasteiger partial charge in [0.1, 0.15) is 0 Å². The highest BCUT2D eigenvalue weighted by atomic mass is 35.5. The summed E-state index contributed by atoms with van der Waals surface area (Å²) < 4.78 is 18.6. The Labute approximate surface area is 156 Å². The monoisotopic (exact) mass is 378 g/mol. The predicted molar refractivity (Wildman–Crippen MR) is 97.9 cm³/mol. The van der Waals surface area contributed by atoms with Crippen LogP contribution in [0.1, 0.15) is 35.3 Å². The van der Waals surface area contributed by atoms with E-state index in [1.807, 2.05) is 0 Å². The second-order valence-electron chi connectivity index (χ2n) is 5.67. The summed E-state index contributed by atoms with van der Waals surface area (Å²) in [6, 6.07) is 10.8. The minimum Gasteiger partial charge on any atom is -0.494 e. The Morgan fingerprint density at radius 2 is 1.96 bits per heavy atom. The fraction of sp³-hybridized carbons (Fsp3) is 0.263. The van der Waals surface area contributed by atoms with Crippen LogP contribution in [-0.4, -0.2) is 25.5 Å². The molecule has 0 fully saturated rings. The van der Waals surface area contributed by atoms with Gasteiger partial charge in [-0.2, -0.15) is 0 Å². The molecule has 0 aromatic heterocycles. The van der Waals surface area contributed by atoms with Gasteiger partial charge in [0, 0.05) is 13.0 Å². The van der Waals surface area contributed by atoms with Gasteiger partial charge in [0.15, 0.2) is 11.6 Å². The lowest BCUT2D eigenvalue weighted by Gasteiger charge is -2.15. The minimum absolute atomic E-state index is 0.0964. The van der Waals surface area contributed by atoms with Crippen LogP contribution in [0.3, 0.4) is 0 Å². The summed E-state index contributed by atoms with van der Waals surface area (Å²) in [5, 5.41) is 5.76. The molecule has 1 atom stereocenters. The maximum atomic E-state index is 13.7. The Hall–Kier alpha value is -2.60. The predicted octanol–water partition coefficient (Wildman–Crippen LogP) is 3.49. The summed E-state index contributed by atoms with van der Waals surface area (Å²) >= 11 is 5.95. The van der Waals surface area contributed by atoms with Crippen LogP contribution in [0.15, 0.2) is 42.5 Å². The van der Waals surface area contributed by atoms with E-state index in [2.05, 4.69) is 10.6 Å². The molecule has 138 valence electrons. The highest BCUT2D eigenvalue weighted by molar-refractivity contribution is 6.33. The van der Waals surface area contributed by atoms with Crippen molar-refractivity contribution in [1.29, 1.82) is 0 Å². The molecule has 5 nitrogen and oxygen atoms in total. The molecule has 0 saturated carbocycles. The summed E-state index contributed by atoms with van der Waals surface area (Å²) in [5.74, 6) is -0.936. The molecule has 0 unspecified atom stereocenters. The molecule has 0 bridgehead atoms. The van der Waals surface area contributed by atoms with E-state index in [9.17, 15) is 14.0 Å². The zero-order valence-corrected chi connectivity index (χ0v) is 15.3. The van der Waals surface area contributed by atoms with Crippen LogP contribution < -0.4 is 15.4 Å². The number of methoxy groups -OCH3 is 1. The first-order chi connectivity index (χ1) is 12.4. The van der Waals surface area contributed by atoms with Crippen molar-refractivity contribution in [3.63, 3.8) is 0 Å². The maximum absolute atomic E-state index is 13.7. The number of carbonyl (C=O) groups excluding carboxylic acids is 2. The van der Waals surface area contributed by atoms with Gasteiger partial charge in [-0.05, 0) is 36.8 Å². The van der Waals surface area contributed by atoms with Crippen molar-refractivity contribution in [2.24, 2.45) is 0 Å². The van der Waals surface area contributed by atoms with Crippen molar-refractivity contribution in [3.05, 3.63) is 64.4 Å². The molecule has 2 amide bonds. The van der Waals surface area contributed by atoms with Crippen LogP contribution >= 0.6 is 11.6 Å². The third-order valence-electron chi connectivity index (χ3n) is 3.81. The number of nitrogens with one attached hydrogen (secondary N) is 2. The average molecular weight is 379 g/mol. The fourth-order valence-electron chi connectivity index (χ4n) is 2.38. The van der Waals surface area contributed by atoms with Gasteiger partial charge in [-0.3, -0.25) is 9.59 Å². The number of halogens is 2. The summed E-state index contributed by atoms with van der Waals surface area (Å²) in [6.45, 7) is 1.92. The van der Waals surface area contributed by atoms with E-state index < -0.39 is 5.82 Å². The smallest absolute Gasteiger partial charge is 0.252 e. The van der Waals surface area contributed by atoms with Crippen LogP contribution in [0.5, 0.6) is 5.75 Å². The number of benzene rings is 2. The van der Waals surface area contributed by atoms with Gasteiger partial charge in [0.2, 0.25) is 5.91 Å². The highest BCUT2D eigenvalue weighted by Gasteiger charge is 2.13. The molecule has 0 aliphatic rings. The molecule has 0 aliphatic carbocycles. The minimum atomic E-state index is -0.488. The van der Waals surface area contributed by atoms with Crippen LogP contribution in [0.2, 0.25) is 5.02 Å². The second-order valence-corrected chi connectivity index (χ2v) is 6.08. The Kier molecular flexibility index (Phi) is 6.97. The number of hydrogen-bond donors (Lipinski definition) is 2. The van der Waals surface area contributed by atoms with Gasteiger partial charge in [0.25, 0.3) is 5.91 Å². The van der Waals surface area contributed by atoms with E-state index >= 15 is 0 Å². The summed E-state index contributed by atoms with van der Waals surface area (Å²) in [5.41, 5.74) is 0.980. The number of amides is 2. The molecule has 0 saturated heterocycles. The van der Waals surface area contributed by atoms with Crippen molar-refractivity contribution in [1.82, 2.24) is 10.6 Å². The van der Waals surface area contributed by atoms with Crippen molar-refractivity contribution in [2.75, 3.05) is 13.7 Å². The molecule has 0 aliphatic heterocycles. The molecule has 26 heavy (non-hydrogen) atoms. The molecule has 0 spiro atoms. The standard InChI is InChI=1S/C19H20ClFN2O3/c1-12(13-7-8-17(26-2)16(21)11-13)23-18(24)9-10-22-19(25)14-5-3-4-6-15(14)20/h3-8,11-12H,9-10H2,1-2H3,(H,22,25)(H,23,24)/t12-/m0/s1. The third-order valence-corrected chi connectivity index (χ3v) is 4.14. The fourth-order valence-corrected chi connectivity index (χ4v) is 2.60. The number of hydrogen-bond acceptors (Lipinski definition) is 3. The average Bonchev–Trinajstić information content (AvgIpc) is 2.61. The molecular formula is C19H20ClFN2O3. The molecular weight excluding hydrogens is 359 g/mol. The van der Waals surface area contributed by atoms with Gasteiger partial charge < -0.3 is 15.4 Å². The molecule has 2 N–H and O–H groups in total. The highest BCUT2D eigenvalue weighted by Crippen LogP contribution is 2.21. The number of ether oxygens (including phenoxy) is 1. The Morgan fingerprint density at radius 3 is 2.62 bits per heavy atom. The van der Waals surface area contributed by atoms with E-state index in [1.165, 1.54) is 19.2 Å². The van der Waals surface area contributed by atoms with Crippen LogP contribution in [0.4, 0.5) is 4.39 Å². The normalized spacial score (nSPS) is 11.5. The Bertz CT molecular complexity index is 798. The van der Waals surface area contributed by atoms with Crippen LogP contribution in [-0.2, 0) is 4.79 Å². The van der Waals surface area contributed by atoms with Gasteiger partial charge in [0.05, 0.1) is 23.7 Å². The lowest BCUT2D eigenvalue weighted by molar-refractivity contribution is -0.121. The third kappa shape index (κ3) is 5.20. The second kappa shape index (κ2) is 9.20. The largest absolute Gasteiger partial charge is 0.494 e. The van der Waals surface area contributed by atoms with Gasteiger partial charge in [-0.25, -0.2) is 4.39 Å². The van der Waals surface area contributed by atoms with E-state index in [0.717, 1.165) is 0 Å². The van der Waals surface area contributed by atoms with Gasteiger partial charge >= 0.3 is 0 Å². The lowest BCUT2D eigenvalue weighted by Crippen LogP contribution is -2.32. The topological polar surface area (TPSA) is 67.4 Å². The van der Waals surface area contributed by atoms with E-state index in [4.69, 9.17) is 16.3 Å². The molecule has 0 heterocycles. The lowest BCUT2D eigenvalue weighted by atomic mass is 10.1. The first-order valence-electron chi connectivity index (χ1n) is 8.08. The van der Waals surface area contributed by atoms with Crippen LogP contribution in [0, 0.1) is 5.82 Å². The summed E-state index contributed by atoms with van der Waals surface area (Å²) in [6.07, 6.45) is 0.0964. The molecule has 2 aromatic rings. The maximum Gasteiger partial charge on any atom is 0.252 e. The van der Waals surface area contributed by atoms with Crippen molar-refractivity contribution >= 4 is 23.4 Å². The molecule has 0 radical (unpaired) electrons. The first-order valence-corrected chi connectivity index (χ1v) is 8.45. The Morgan fingerprint density at radius 1 is 1.23 bits per heavy atom. The van der Waals surface area contributed by atoms with E-state index in [1.54, 1.807) is 37.3 Å². The Balaban J connectivity index is 1.82. The zero-order chi connectivity index (χ0) is 19.1. The molecule has 2 aromatic carbocycles. The van der Waals surface area contributed by atoms with Crippen LogP contribution in [0.25, 0.3) is 0 Å². The van der Waals surface area contributed by atoms with E-state index in [-0.39, 0.29) is 36.6 Å². The zero-order valence-electron chi connectivity index (χ0n) is 14.5. The summed E-state index contributed by atoms with van der Waals surface area (Å²) in [4.78, 5) is 24.0. The van der Waals surface area contributed by atoms with Gasteiger partial charge in [-0.15, -0.1) is 0 Å².